The number of amides is 2. The molecule has 0 N–H and O–H groups in total. The number of allylic oxidation sites excluding steroid dienone is 2. The summed E-state index contributed by atoms with van der Waals surface area (Å²) in [5.41, 5.74) is 2.01. The van der Waals surface area contributed by atoms with Crippen LogP contribution in [0.25, 0.3) is 0 Å². The Morgan fingerprint density at radius 3 is 2.48 bits per heavy atom. The summed E-state index contributed by atoms with van der Waals surface area (Å²) in [4.78, 5) is 51.7. The summed E-state index contributed by atoms with van der Waals surface area (Å²) in [6.45, 7) is 3.46. The molecule has 2 amide bonds. The van der Waals surface area contributed by atoms with Crippen molar-refractivity contribution < 1.29 is 23.9 Å². The fraction of sp³-hybridized carbons (Fsp3) is 0.280. The van der Waals surface area contributed by atoms with E-state index in [-0.39, 0.29) is 47.5 Å². The number of carbonyl (C=O) groups is 4. The second-order valence-electron chi connectivity index (χ2n) is 8.08. The maximum Gasteiger partial charge on any atom is 0.338 e. The lowest BCUT2D eigenvalue weighted by Gasteiger charge is -2.22. The number of esters is 1. The van der Waals surface area contributed by atoms with Crippen LogP contribution in [0.2, 0.25) is 0 Å². The SMILES string of the molecule is Cc1ccc(C(=O)COC(=O)c2cccc(N3C(=O)[C@H]4[C@H](C)C=CC[C@@H]4C3=O)c2)cc1. The van der Waals surface area contributed by atoms with Crippen LogP contribution in [0, 0.1) is 24.7 Å². The molecule has 1 fully saturated rings. The van der Waals surface area contributed by atoms with Gasteiger partial charge in [-0.25, -0.2) is 4.79 Å². The van der Waals surface area contributed by atoms with Crippen molar-refractivity contribution >= 4 is 29.3 Å². The van der Waals surface area contributed by atoms with Gasteiger partial charge in [0.05, 0.1) is 23.1 Å². The van der Waals surface area contributed by atoms with E-state index in [9.17, 15) is 19.2 Å². The van der Waals surface area contributed by atoms with Gasteiger partial charge in [0.1, 0.15) is 0 Å². The normalized spacial score (nSPS) is 22.4. The zero-order valence-corrected chi connectivity index (χ0v) is 17.4. The van der Waals surface area contributed by atoms with Crippen molar-refractivity contribution in [2.24, 2.45) is 17.8 Å². The largest absolute Gasteiger partial charge is 0.454 e. The van der Waals surface area contributed by atoms with Crippen molar-refractivity contribution in [2.75, 3.05) is 11.5 Å². The van der Waals surface area contributed by atoms with Crippen LogP contribution in [0.4, 0.5) is 5.69 Å². The molecule has 1 saturated heterocycles. The highest BCUT2D eigenvalue weighted by Crippen LogP contribution is 2.40. The first-order valence-electron chi connectivity index (χ1n) is 10.3. The van der Waals surface area contributed by atoms with E-state index in [0.717, 1.165) is 5.56 Å². The lowest BCUT2D eigenvalue weighted by molar-refractivity contribution is -0.122. The third-order valence-electron chi connectivity index (χ3n) is 5.92. The first-order chi connectivity index (χ1) is 14.9. The zero-order valence-electron chi connectivity index (χ0n) is 17.4. The molecular weight excluding hydrogens is 394 g/mol. The average molecular weight is 417 g/mol. The highest BCUT2D eigenvalue weighted by molar-refractivity contribution is 6.22. The summed E-state index contributed by atoms with van der Waals surface area (Å²) < 4.78 is 5.17. The fourth-order valence-corrected chi connectivity index (χ4v) is 4.21. The van der Waals surface area contributed by atoms with Crippen LogP contribution in [0.15, 0.2) is 60.7 Å². The summed E-state index contributed by atoms with van der Waals surface area (Å²) in [6.07, 6.45) is 4.45. The number of rotatable bonds is 5. The van der Waals surface area contributed by atoms with Gasteiger partial charge in [-0.3, -0.25) is 19.3 Å². The molecule has 0 spiro atoms. The van der Waals surface area contributed by atoms with Gasteiger partial charge in [0.2, 0.25) is 11.8 Å². The summed E-state index contributed by atoms with van der Waals surface area (Å²) in [7, 11) is 0. The molecule has 2 aromatic rings. The van der Waals surface area contributed by atoms with E-state index in [1.165, 1.54) is 17.0 Å². The Labute approximate surface area is 180 Å². The number of hydrogen-bond acceptors (Lipinski definition) is 5. The van der Waals surface area contributed by atoms with Gasteiger partial charge in [-0.15, -0.1) is 0 Å². The molecule has 1 aliphatic carbocycles. The molecule has 0 radical (unpaired) electrons. The maximum absolute atomic E-state index is 12.9. The third-order valence-corrected chi connectivity index (χ3v) is 5.92. The Morgan fingerprint density at radius 1 is 1.03 bits per heavy atom. The van der Waals surface area contributed by atoms with E-state index in [0.29, 0.717) is 17.7 Å². The number of ketones is 1. The standard InChI is InChI=1S/C25H23NO5/c1-15-9-11-17(12-10-15)21(27)14-31-25(30)18-6-4-7-19(13-18)26-23(28)20-8-3-5-16(2)22(20)24(26)29/h3-7,9-13,16,20,22H,8,14H2,1-2H3/t16-,20+,22+/m1/s1. The quantitative estimate of drug-likeness (QED) is 0.320. The van der Waals surface area contributed by atoms with Crippen LogP contribution in [-0.2, 0) is 14.3 Å². The Morgan fingerprint density at radius 2 is 1.77 bits per heavy atom. The number of benzene rings is 2. The predicted octanol–water partition coefficient (Wildman–Crippen LogP) is 3.74. The van der Waals surface area contributed by atoms with Crippen molar-refractivity contribution in [3.05, 3.63) is 77.4 Å². The molecule has 3 atom stereocenters. The third kappa shape index (κ3) is 3.93. The van der Waals surface area contributed by atoms with Gasteiger partial charge < -0.3 is 4.74 Å². The summed E-state index contributed by atoms with van der Waals surface area (Å²) in [5, 5.41) is 0. The van der Waals surface area contributed by atoms with Crippen molar-refractivity contribution in [2.45, 2.75) is 20.3 Å². The molecule has 158 valence electrons. The van der Waals surface area contributed by atoms with Gasteiger partial charge in [0.15, 0.2) is 12.4 Å². The molecule has 31 heavy (non-hydrogen) atoms. The topological polar surface area (TPSA) is 80.8 Å². The number of fused-ring (bicyclic) bond motifs is 1. The lowest BCUT2D eigenvalue weighted by atomic mass is 9.78. The van der Waals surface area contributed by atoms with E-state index in [1.807, 2.05) is 38.1 Å². The van der Waals surface area contributed by atoms with Gasteiger partial charge in [-0.05, 0) is 37.5 Å². The molecule has 2 aliphatic rings. The van der Waals surface area contributed by atoms with Crippen LogP contribution in [0.3, 0.4) is 0 Å². The molecule has 1 aliphatic heterocycles. The molecule has 6 nitrogen and oxygen atoms in total. The molecule has 2 aromatic carbocycles. The maximum atomic E-state index is 12.9. The Kier molecular flexibility index (Phi) is 5.55. The minimum atomic E-state index is -0.686. The molecular formula is C25H23NO5. The van der Waals surface area contributed by atoms with Crippen molar-refractivity contribution in [3.63, 3.8) is 0 Å². The van der Waals surface area contributed by atoms with Crippen LogP contribution in [-0.4, -0.2) is 30.2 Å². The highest BCUT2D eigenvalue weighted by Gasteiger charge is 2.50. The number of Topliss-reactive ketones (excluding diaryl/α,β-unsaturated/α-hetero) is 1. The molecule has 4 rings (SSSR count). The number of ether oxygens (including phenoxy) is 1. The number of aryl methyl sites for hydroxylation is 1. The Hall–Kier alpha value is -3.54. The molecule has 0 unspecified atom stereocenters. The van der Waals surface area contributed by atoms with E-state index < -0.39 is 5.97 Å². The second-order valence-corrected chi connectivity index (χ2v) is 8.08. The number of hydrogen-bond donors (Lipinski definition) is 0. The lowest BCUT2D eigenvalue weighted by Crippen LogP contribution is -2.31. The van der Waals surface area contributed by atoms with E-state index in [2.05, 4.69) is 0 Å². The van der Waals surface area contributed by atoms with Crippen LogP contribution >= 0.6 is 0 Å². The summed E-state index contributed by atoms with van der Waals surface area (Å²) >= 11 is 0. The van der Waals surface area contributed by atoms with Crippen molar-refractivity contribution in [1.82, 2.24) is 0 Å². The molecule has 6 heteroatoms. The number of anilines is 1. The van der Waals surface area contributed by atoms with E-state index in [4.69, 9.17) is 4.74 Å². The van der Waals surface area contributed by atoms with Crippen LogP contribution < -0.4 is 4.90 Å². The first kappa shape index (κ1) is 20.7. The Balaban J connectivity index is 1.47. The molecule has 0 saturated carbocycles. The van der Waals surface area contributed by atoms with Crippen molar-refractivity contribution in [1.29, 1.82) is 0 Å². The Bertz CT molecular complexity index is 1090. The number of carbonyl (C=O) groups excluding carboxylic acids is 4. The molecule has 0 bridgehead atoms. The minimum absolute atomic E-state index is 0.0128. The highest BCUT2D eigenvalue weighted by atomic mass is 16.5. The predicted molar refractivity (Wildman–Crippen MR) is 115 cm³/mol. The summed E-state index contributed by atoms with van der Waals surface area (Å²) in [6, 6.07) is 13.2. The van der Waals surface area contributed by atoms with E-state index in [1.54, 1.807) is 24.3 Å². The van der Waals surface area contributed by atoms with Gasteiger partial charge >= 0.3 is 5.97 Å². The monoisotopic (exact) mass is 417 g/mol. The van der Waals surface area contributed by atoms with Gasteiger partial charge in [-0.1, -0.05) is 55.0 Å². The van der Waals surface area contributed by atoms with Crippen LogP contribution in [0.1, 0.15) is 39.6 Å². The zero-order chi connectivity index (χ0) is 22.1. The number of imide groups is 1. The molecule has 0 aromatic heterocycles. The van der Waals surface area contributed by atoms with Gasteiger partial charge in [-0.2, -0.15) is 0 Å². The minimum Gasteiger partial charge on any atom is -0.454 e. The first-order valence-corrected chi connectivity index (χ1v) is 10.3. The van der Waals surface area contributed by atoms with Gasteiger partial charge in [0.25, 0.3) is 0 Å². The fourth-order valence-electron chi connectivity index (χ4n) is 4.21. The summed E-state index contributed by atoms with van der Waals surface area (Å²) in [5.74, 6) is -2.23. The van der Waals surface area contributed by atoms with Crippen LogP contribution in [0.5, 0.6) is 0 Å². The van der Waals surface area contributed by atoms with Gasteiger partial charge in [0, 0.05) is 5.56 Å². The van der Waals surface area contributed by atoms with Crippen molar-refractivity contribution in [3.8, 4) is 0 Å². The average Bonchev–Trinajstić information content (AvgIpc) is 3.03. The van der Waals surface area contributed by atoms with E-state index >= 15 is 0 Å². The number of nitrogens with zero attached hydrogens (tertiary/aromatic N) is 1. The molecule has 1 heterocycles. The smallest absolute Gasteiger partial charge is 0.338 e. The second kappa shape index (κ2) is 8.30.